The van der Waals surface area contributed by atoms with Gasteiger partial charge in [0.15, 0.2) is 0 Å². The number of para-hydroxylation sites is 1. The minimum Gasteiger partial charge on any atom is -0.376 e. The Labute approximate surface area is 189 Å². The topological polar surface area (TPSA) is 61.4 Å². The zero-order chi connectivity index (χ0) is 21.7. The molecule has 0 aliphatic rings. The Hall–Kier alpha value is -2.73. The van der Waals surface area contributed by atoms with Crippen molar-refractivity contribution >= 4 is 63.7 Å². The van der Waals surface area contributed by atoms with Crippen molar-refractivity contribution in [3.05, 3.63) is 87.4 Å². The second kappa shape index (κ2) is 9.85. The Kier molecular flexibility index (Phi) is 7.21. The number of amides is 2. The zero-order valence-corrected chi connectivity index (χ0v) is 18.2. The van der Waals surface area contributed by atoms with Crippen LogP contribution < -0.4 is 15.5 Å². The number of halogens is 3. The number of nitrogens with one attached hydrogen (secondary N) is 2. The maximum atomic E-state index is 12.8. The van der Waals surface area contributed by atoms with E-state index in [4.69, 9.17) is 34.8 Å². The van der Waals surface area contributed by atoms with Gasteiger partial charge < -0.3 is 15.5 Å². The normalized spacial score (nSPS) is 10.4. The van der Waals surface area contributed by atoms with Crippen LogP contribution in [0.4, 0.5) is 17.1 Å². The molecule has 0 unspecified atom stereocenters. The first-order valence-electron chi connectivity index (χ1n) is 8.96. The van der Waals surface area contributed by atoms with E-state index in [-0.39, 0.29) is 28.4 Å². The highest BCUT2D eigenvalue weighted by Gasteiger charge is 2.14. The molecule has 0 aromatic heterocycles. The van der Waals surface area contributed by atoms with Crippen molar-refractivity contribution in [3.8, 4) is 0 Å². The number of rotatable bonds is 6. The van der Waals surface area contributed by atoms with Crippen molar-refractivity contribution in [2.45, 2.75) is 0 Å². The number of benzene rings is 3. The fourth-order valence-electron chi connectivity index (χ4n) is 2.72. The molecule has 0 atom stereocenters. The number of carbonyl (C=O) groups excluding carboxylic acids is 2. The SMILES string of the molecule is CN(C(=O)c1cccc(NCC(=O)Nc2cc(Cl)c(Cl)cc2Cl)c1)c1ccccc1. The molecule has 0 bridgehead atoms. The van der Waals surface area contributed by atoms with Gasteiger partial charge in [0.05, 0.1) is 27.3 Å². The molecule has 0 heterocycles. The maximum absolute atomic E-state index is 12.8. The predicted molar refractivity (Wildman–Crippen MR) is 124 cm³/mol. The molecule has 30 heavy (non-hydrogen) atoms. The zero-order valence-electron chi connectivity index (χ0n) is 16.0. The minimum absolute atomic E-state index is 0.0251. The Morgan fingerprint density at radius 2 is 1.57 bits per heavy atom. The van der Waals surface area contributed by atoms with Crippen molar-refractivity contribution in [2.24, 2.45) is 0 Å². The third-order valence-electron chi connectivity index (χ3n) is 4.29. The number of anilines is 3. The molecular weight excluding hydrogens is 445 g/mol. The molecule has 3 aromatic rings. The van der Waals surface area contributed by atoms with Gasteiger partial charge in [0.1, 0.15) is 0 Å². The summed E-state index contributed by atoms with van der Waals surface area (Å²) in [7, 11) is 1.71. The van der Waals surface area contributed by atoms with E-state index in [0.29, 0.717) is 22.0 Å². The van der Waals surface area contributed by atoms with E-state index in [1.807, 2.05) is 30.3 Å². The van der Waals surface area contributed by atoms with E-state index in [2.05, 4.69) is 10.6 Å². The highest BCUT2D eigenvalue weighted by molar-refractivity contribution is 6.44. The van der Waals surface area contributed by atoms with Gasteiger partial charge in [0.25, 0.3) is 5.91 Å². The number of hydrogen-bond acceptors (Lipinski definition) is 3. The van der Waals surface area contributed by atoms with Gasteiger partial charge in [-0.3, -0.25) is 9.59 Å². The molecule has 154 valence electrons. The summed E-state index contributed by atoms with van der Waals surface area (Å²) < 4.78 is 0. The number of hydrogen-bond donors (Lipinski definition) is 2. The van der Waals surface area contributed by atoms with E-state index in [1.165, 1.54) is 12.1 Å². The summed E-state index contributed by atoms with van der Waals surface area (Å²) in [6.07, 6.45) is 0. The second-order valence-electron chi connectivity index (χ2n) is 6.43. The third kappa shape index (κ3) is 5.45. The van der Waals surface area contributed by atoms with Crippen LogP contribution in [0.25, 0.3) is 0 Å². The monoisotopic (exact) mass is 461 g/mol. The van der Waals surface area contributed by atoms with Gasteiger partial charge >= 0.3 is 0 Å². The number of nitrogens with zero attached hydrogens (tertiary/aromatic N) is 1. The van der Waals surface area contributed by atoms with Crippen LogP contribution in [0.15, 0.2) is 66.7 Å². The van der Waals surface area contributed by atoms with Gasteiger partial charge in [-0.05, 0) is 42.5 Å². The fraction of sp³-hybridized carbons (Fsp3) is 0.0909. The molecule has 3 aromatic carbocycles. The Morgan fingerprint density at radius 1 is 0.867 bits per heavy atom. The lowest BCUT2D eigenvalue weighted by Gasteiger charge is -2.18. The lowest BCUT2D eigenvalue weighted by molar-refractivity contribution is -0.114. The van der Waals surface area contributed by atoms with Gasteiger partial charge in [-0.2, -0.15) is 0 Å². The van der Waals surface area contributed by atoms with Crippen LogP contribution in [0.5, 0.6) is 0 Å². The van der Waals surface area contributed by atoms with E-state index in [1.54, 1.807) is 36.2 Å². The van der Waals surface area contributed by atoms with Gasteiger partial charge in [0.2, 0.25) is 5.91 Å². The molecule has 0 saturated carbocycles. The molecule has 0 radical (unpaired) electrons. The van der Waals surface area contributed by atoms with Crippen LogP contribution >= 0.6 is 34.8 Å². The van der Waals surface area contributed by atoms with Crippen LogP contribution in [-0.2, 0) is 4.79 Å². The van der Waals surface area contributed by atoms with Gasteiger partial charge in [-0.15, -0.1) is 0 Å². The predicted octanol–water partition coefficient (Wildman–Crippen LogP) is 5.97. The van der Waals surface area contributed by atoms with E-state index in [0.717, 1.165) is 5.69 Å². The molecule has 0 aliphatic heterocycles. The lowest BCUT2D eigenvalue weighted by atomic mass is 10.1. The molecule has 0 fully saturated rings. The smallest absolute Gasteiger partial charge is 0.258 e. The standard InChI is InChI=1S/C22H18Cl3N3O2/c1-28(16-8-3-2-4-9-16)22(30)14-6-5-7-15(10-14)26-13-21(29)27-20-12-18(24)17(23)11-19(20)25/h2-12,26H,13H2,1H3,(H,27,29). The Balaban J connectivity index is 1.63. The van der Waals surface area contributed by atoms with Crippen LogP contribution in [0.3, 0.4) is 0 Å². The maximum Gasteiger partial charge on any atom is 0.258 e. The van der Waals surface area contributed by atoms with Gasteiger partial charge in [0, 0.05) is 24.0 Å². The summed E-state index contributed by atoms with van der Waals surface area (Å²) in [5, 5.41) is 6.55. The van der Waals surface area contributed by atoms with Crippen LogP contribution in [0.1, 0.15) is 10.4 Å². The van der Waals surface area contributed by atoms with Crippen LogP contribution in [0, 0.1) is 0 Å². The van der Waals surface area contributed by atoms with Gasteiger partial charge in [-0.25, -0.2) is 0 Å². The third-order valence-corrected chi connectivity index (χ3v) is 5.33. The van der Waals surface area contributed by atoms with Crippen molar-refractivity contribution in [1.82, 2.24) is 0 Å². The quantitative estimate of drug-likeness (QED) is 0.443. The average molecular weight is 463 g/mol. The molecule has 2 N–H and O–H groups in total. The highest BCUT2D eigenvalue weighted by Crippen LogP contribution is 2.32. The van der Waals surface area contributed by atoms with Crippen molar-refractivity contribution in [3.63, 3.8) is 0 Å². The molecule has 2 amide bonds. The summed E-state index contributed by atoms with van der Waals surface area (Å²) in [5.74, 6) is -0.481. The summed E-state index contributed by atoms with van der Waals surface area (Å²) in [6.45, 7) is -0.0251. The Bertz CT molecular complexity index is 1070. The van der Waals surface area contributed by atoms with Crippen LogP contribution in [0.2, 0.25) is 15.1 Å². The van der Waals surface area contributed by atoms with E-state index < -0.39 is 0 Å². The molecule has 3 rings (SSSR count). The average Bonchev–Trinajstić information content (AvgIpc) is 2.76. The first kappa shape index (κ1) is 22.0. The largest absolute Gasteiger partial charge is 0.376 e. The van der Waals surface area contributed by atoms with Crippen molar-refractivity contribution < 1.29 is 9.59 Å². The van der Waals surface area contributed by atoms with Gasteiger partial charge in [-0.1, -0.05) is 59.1 Å². The summed E-state index contributed by atoms with van der Waals surface area (Å²) >= 11 is 17.9. The van der Waals surface area contributed by atoms with Crippen molar-refractivity contribution in [2.75, 3.05) is 29.1 Å². The summed E-state index contributed by atoms with van der Waals surface area (Å²) in [5.41, 5.74) is 2.29. The second-order valence-corrected chi connectivity index (χ2v) is 7.65. The Morgan fingerprint density at radius 3 is 2.30 bits per heavy atom. The first-order valence-corrected chi connectivity index (χ1v) is 10.1. The minimum atomic E-state index is -0.326. The molecule has 5 nitrogen and oxygen atoms in total. The summed E-state index contributed by atoms with van der Waals surface area (Å²) in [4.78, 5) is 26.6. The first-order chi connectivity index (χ1) is 14.3. The molecule has 8 heteroatoms. The lowest BCUT2D eigenvalue weighted by Crippen LogP contribution is -2.26. The van der Waals surface area contributed by atoms with Crippen LogP contribution in [-0.4, -0.2) is 25.4 Å². The van der Waals surface area contributed by atoms with E-state index in [9.17, 15) is 9.59 Å². The molecule has 0 saturated heterocycles. The molecular formula is C22H18Cl3N3O2. The highest BCUT2D eigenvalue weighted by atomic mass is 35.5. The van der Waals surface area contributed by atoms with Crippen molar-refractivity contribution in [1.29, 1.82) is 0 Å². The van der Waals surface area contributed by atoms with E-state index >= 15 is 0 Å². The summed E-state index contributed by atoms with van der Waals surface area (Å²) in [6, 6.07) is 19.3. The molecule has 0 spiro atoms. The molecule has 0 aliphatic carbocycles. The fourth-order valence-corrected chi connectivity index (χ4v) is 3.31. The number of carbonyl (C=O) groups is 2.